The van der Waals surface area contributed by atoms with Crippen LogP contribution < -0.4 is 0 Å². The molecule has 1 amide bonds. The van der Waals surface area contributed by atoms with Gasteiger partial charge in [0.15, 0.2) is 0 Å². The second-order valence-corrected chi connectivity index (χ2v) is 4.78. The van der Waals surface area contributed by atoms with Crippen molar-refractivity contribution in [2.24, 2.45) is 0 Å². The Morgan fingerprint density at radius 2 is 2.06 bits per heavy atom. The van der Waals surface area contributed by atoms with Gasteiger partial charge in [0, 0.05) is 23.8 Å². The fourth-order valence-corrected chi connectivity index (χ4v) is 2.15. The number of nitrogens with zero attached hydrogens (tertiary/aromatic N) is 1. The lowest BCUT2D eigenvalue weighted by Gasteiger charge is -2.15. The van der Waals surface area contributed by atoms with E-state index in [9.17, 15) is 9.59 Å². The summed E-state index contributed by atoms with van der Waals surface area (Å²) in [6, 6.07) is 0. The Bertz CT molecular complexity index is 411. The third kappa shape index (κ3) is 2.82. The van der Waals surface area contributed by atoms with Crippen LogP contribution in [0.3, 0.4) is 0 Å². The number of aliphatic carboxylic acids is 1. The van der Waals surface area contributed by atoms with Gasteiger partial charge in [-0.1, -0.05) is 0 Å². The molecule has 0 unspecified atom stereocenters. The molecule has 1 aromatic heterocycles. The molecule has 0 aromatic carbocycles. The Kier molecular flexibility index (Phi) is 4.06. The van der Waals surface area contributed by atoms with Crippen LogP contribution in [-0.2, 0) is 4.79 Å². The van der Waals surface area contributed by atoms with Crippen LogP contribution in [-0.4, -0.2) is 35.5 Å². The molecule has 0 radical (unpaired) electrons. The largest absolute Gasteiger partial charge is 0.481 e. The minimum absolute atomic E-state index is 0.0234. The van der Waals surface area contributed by atoms with E-state index in [1.807, 2.05) is 19.2 Å². The van der Waals surface area contributed by atoms with Crippen LogP contribution in [0.15, 0.2) is 5.38 Å². The number of aryl methyl sites for hydroxylation is 1. The zero-order valence-corrected chi connectivity index (χ0v) is 10.4. The summed E-state index contributed by atoms with van der Waals surface area (Å²) in [5.41, 5.74) is 1.66. The molecule has 0 aliphatic heterocycles. The van der Waals surface area contributed by atoms with Crippen LogP contribution in [0.5, 0.6) is 0 Å². The smallest absolute Gasteiger partial charge is 0.305 e. The lowest BCUT2D eigenvalue weighted by atomic mass is 10.1. The highest BCUT2D eigenvalue weighted by atomic mass is 32.1. The monoisotopic (exact) mass is 241 g/mol. The van der Waals surface area contributed by atoms with E-state index in [0.717, 1.165) is 10.4 Å². The van der Waals surface area contributed by atoms with E-state index in [0.29, 0.717) is 5.56 Å². The predicted molar refractivity (Wildman–Crippen MR) is 63.0 cm³/mol. The van der Waals surface area contributed by atoms with E-state index in [2.05, 4.69) is 0 Å². The summed E-state index contributed by atoms with van der Waals surface area (Å²) in [6.07, 6.45) is -0.0234. The van der Waals surface area contributed by atoms with E-state index < -0.39 is 5.97 Å². The van der Waals surface area contributed by atoms with E-state index in [-0.39, 0.29) is 18.9 Å². The van der Waals surface area contributed by atoms with E-state index in [1.54, 1.807) is 7.05 Å². The third-order valence-electron chi connectivity index (χ3n) is 2.52. The molecule has 0 saturated carbocycles. The van der Waals surface area contributed by atoms with E-state index in [1.165, 1.54) is 16.2 Å². The highest BCUT2D eigenvalue weighted by molar-refractivity contribution is 7.10. The molecule has 5 heteroatoms. The zero-order chi connectivity index (χ0) is 12.3. The number of rotatable bonds is 4. The quantitative estimate of drug-likeness (QED) is 0.876. The van der Waals surface area contributed by atoms with Gasteiger partial charge in [0.25, 0.3) is 5.91 Å². The molecule has 0 bridgehead atoms. The summed E-state index contributed by atoms with van der Waals surface area (Å²) in [7, 11) is 1.62. The van der Waals surface area contributed by atoms with Gasteiger partial charge in [-0.05, 0) is 19.4 Å². The summed E-state index contributed by atoms with van der Waals surface area (Å²) in [5, 5.41) is 10.4. The van der Waals surface area contributed by atoms with Crippen LogP contribution in [0.25, 0.3) is 0 Å². The number of hydrogen-bond donors (Lipinski definition) is 1. The lowest BCUT2D eigenvalue weighted by molar-refractivity contribution is -0.137. The van der Waals surface area contributed by atoms with Gasteiger partial charge in [-0.15, -0.1) is 11.3 Å². The first-order valence-electron chi connectivity index (χ1n) is 4.95. The van der Waals surface area contributed by atoms with Crippen molar-refractivity contribution < 1.29 is 14.7 Å². The number of carboxylic acid groups (broad SMARTS) is 1. The number of carbonyl (C=O) groups is 2. The van der Waals surface area contributed by atoms with Crippen molar-refractivity contribution >= 4 is 23.2 Å². The minimum atomic E-state index is -0.891. The summed E-state index contributed by atoms with van der Waals surface area (Å²) in [4.78, 5) is 24.9. The van der Waals surface area contributed by atoms with Crippen molar-refractivity contribution in [2.75, 3.05) is 13.6 Å². The summed E-state index contributed by atoms with van der Waals surface area (Å²) in [6.45, 7) is 4.11. The van der Waals surface area contributed by atoms with Crippen molar-refractivity contribution in [1.29, 1.82) is 0 Å². The summed E-state index contributed by atoms with van der Waals surface area (Å²) < 4.78 is 0. The fourth-order valence-electron chi connectivity index (χ4n) is 1.30. The Balaban J connectivity index is 2.71. The maximum atomic E-state index is 11.9. The average molecular weight is 241 g/mol. The number of amides is 1. The van der Waals surface area contributed by atoms with Gasteiger partial charge in [-0.3, -0.25) is 9.59 Å². The maximum Gasteiger partial charge on any atom is 0.305 e. The van der Waals surface area contributed by atoms with Gasteiger partial charge >= 0.3 is 5.97 Å². The highest BCUT2D eigenvalue weighted by Gasteiger charge is 2.16. The predicted octanol–water partition coefficient (Wildman–Crippen LogP) is 1.91. The first kappa shape index (κ1) is 12.7. The van der Waals surface area contributed by atoms with Crippen molar-refractivity contribution in [3.05, 3.63) is 21.4 Å². The van der Waals surface area contributed by atoms with Crippen molar-refractivity contribution in [2.45, 2.75) is 20.3 Å². The molecule has 1 aromatic rings. The SMILES string of the molecule is Cc1scc(C(=O)N(C)CCC(=O)O)c1C. The number of carboxylic acids is 1. The Hall–Kier alpha value is -1.36. The first-order valence-corrected chi connectivity index (χ1v) is 5.83. The molecule has 16 heavy (non-hydrogen) atoms. The second-order valence-electron chi connectivity index (χ2n) is 3.70. The van der Waals surface area contributed by atoms with Crippen LogP contribution >= 0.6 is 11.3 Å². The van der Waals surface area contributed by atoms with Gasteiger partial charge < -0.3 is 10.0 Å². The summed E-state index contributed by atoms with van der Waals surface area (Å²) >= 11 is 1.54. The number of carbonyl (C=O) groups excluding carboxylic acids is 1. The Morgan fingerprint density at radius 1 is 1.44 bits per heavy atom. The standard InChI is InChI=1S/C11H15NO3S/c1-7-8(2)16-6-9(7)11(15)12(3)5-4-10(13)14/h6H,4-5H2,1-3H3,(H,13,14). The van der Waals surface area contributed by atoms with Crippen LogP contribution in [0.1, 0.15) is 27.2 Å². The minimum Gasteiger partial charge on any atom is -0.481 e. The Labute approximate surface area is 98.5 Å². The van der Waals surface area contributed by atoms with Gasteiger partial charge in [0.1, 0.15) is 0 Å². The van der Waals surface area contributed by atoms with Crippen molar-refractivity contribution in [1.82, 2.24) is 4.90 Å². The van der Waals surface area contributed by atoms with E-state index >= 15 is 0 Å². The molecule has 1 rings (SSSR count). The average Bonchev–Trinajstić information content (AvgIpc) is 2.55. The molecule has 0 aliphatic rings. The molecule has 4 nitrogen and oxygen atoms in total. The molecular weight excluding hydrogens is 226 g/mol. The molecular formula is C11H15NO3S. The molecule has 0 saturated heterocycles. The Morgan fingerprint density at radius 3 is 2.50 bits per heavy atom. The van der Waals surface area contributed by atoms with Gasteiger partial charge in [-0.2, -0.15) is 0 Å². The number of thiophene rings is 1. The molecule has 0 fully saturated rings. The first-order chi connectivity index (χ1) is 7.43. The summed E-state index contributed by atoms with van der Waals surface area (Å²) in [5.74, 6) is -0.999. The van der Waals surface area contributed by atoms with Crippen molar-refractivity contribution in [3.63, 3.8) is 0 Å². The van der Waals surface area contributed by atoms with Gasteiger partial charge in [-0.25, -0.2) is 0 Å². The van der Waals surface area contributed by atoms with Crippen molar-refractivity contribution in [3.8, 4) is 0 Å². The van der Waals surface area contributed by atoms with Crippen LogP contribution in [0, 0.1) is 13.8 Å². The topological polar surface area (TPSA) is 57.6 Å². The third-order valence-corrected chi connectivity index (χ3v) is 3.54. The van der Waals surface area contributed by atoms with E-state index in [4.69, 9.17) is 5.11 Å². The molecule has 0 aliphatic carbocycles. The van der Waals surface area contributed by atoms with Gasteiger partial charge in [0.2, 0.25) is 0 Å². The second kappa shape index (κ2) is 5.12. The van der Waals surface area contributed by atoms with Gasteiger partial charge in [0.05, 0.1) is 12.0 Å². The fraction of sp³-hybridized carbons (Fsp3) is 0.455. The molecule has 0 atom stereocenters. The van der Waals surface area contributed by atoms with Crippen LogP contribution in [0.2, 0.25) is 0 Å². The maximum absolute atomic E-state index is 11.9. The molecule has 1 N–H and O–H groups in total. The molecule has 88 valence electrons. The molecule has 1 heterocycles. The molecule has 0 spiro atoms. The number of hydrogen-bond acceptors (Lipinski definition) is 3. The lowest BCUT2D eigenvalue weighted by Crippen LogP contribution is -2.29. The van der Waals surface area contributed by atoms with Crippen LogP contribution in [0.4, 0.5) is 0 Å². The highest BCUT2D eigenvalue weighted by Crippen LogP contribution is 2.21. The zero-order valence-electron chi connectivity index (χ0n) is 9.61. The normalized spacial score (nSPS) is 10.2.